The van der Waals surface area contributed by atoms with E-state index in [4.69, 9.17) is 4.74 Å². The first-order chi connectivity index (χ1) is 13.5. The number of halogens is 4. The van der Waals surface area contributed by atoms with E-state index in [9.17, 15) is 13.6 Å². The Balaban J connectivity index is 0.00000240. The molecule has 6 nitrogen and oxygen atoms in total. The quantitative estimate of drug-likeness (QED) is 0.413. The van der Waals surface area contributed by atoms with Crippen molar-refractivity contribution in [2.75, 3.05) is 5.32 Å². The maximum absolute atomic E-state index is 13.3. The lowest BCUT2D eigenvalue weighted by atomic mass is 10.2. The molecule has 0 saturated heterocycles. The standard InChI is InChI=1S/C19H11BrF2N4O2.ClH/c20-13-8-23-19(27)16-17(13)24-9-25-18(16)26-10-1-3-11(4-2-10)28-12-5-6-14(21)15(22)7-12;/h1-9H,(H,23,27)(H,24,25,26);1H. The van der Waals surface area contributed by atoms with Gasteiger partial charge in [0.25, 0.3) is 5.56 Å². The molecule has 0 radical (unpaired) electrons. The molecule has 29 heavy (non-hydrogen) atoms. The maximum atomic E-state index is 13.3. The van der Waals surface area contributed by atoms with Crippen LogP contribution < -0.4 is 15.6 Å². The van der Waals surface area contributed by atoms with Crippen molar-refractivity contribution in [3.05, 3.63) is 81.4 Å². The maximum Gasteiger partial charge on any atom is 0.261 e. The zero-order valence-corrected chi connectivity index (χ0v) is 16.9. The van der Waals surface area contributed by atoms with Gasteiger partial charge in [-0.2, -0.15) is 0 Å². The Morgan fingerprint density at radius 1 is 1.00 bits per heavy atom. The van der Waals surface area contributed by atoms with Crippen LogP contribution in [-0.2, 0) is 0 Å². The summed E-state index contributed by atoms with van der Waals surface area (Å²) in [5.41, 5.74) is 0.816. The third-order valence-electron chi connectivity index (χ3n) is 3.87. The molecular weight excluding hydrogens is 470 g/mol. The second-order valence-corrected chi connectivity index (χ2v) is 6.59. The molecule has 4 rings (SSSR count). The number of pyridine rings is 1. The van der Waals surface area contributed by atoms with Crippen molar-refractivity contribution in [1.29, 1.82) is 0 Å². The molecule has 0 aliphatic heterocycles. The fourth-order valence-electron chi connectivity index (χ4n) is 2.57. The highest BCUT2D eigenvalue weighted by molar-refractivity contribution is 9.10. The molecule has 0 aliphatic carbocycles. The summed E-state index contributed by atoms with van der Waals surface area (Å²) in [6, 6.07) is 10.0. The Hall–Kier alpha value is -3.04. The average Bonchev–Trinajstić information content (AvgIpc) is 2.69. The Morgan fingerprint density at radius 2 is 1.72 bits per heavy atom. The van der Waals surface area contributed by atoms with Gasteiger partial charge in [-0.25, -0.2) is 18.7 Å². The molecule has 0 fully saturated rings. The van der Waals surface area contributed by atoms with Crippen LogP contribution in [0.5, 0.6) is 11.5 Å². The zero-order chi connectivity index (χ0) is 19.7. The van der Waals surface area contributed by atoms with Crippen molar-refractivity contribution in [3.63, 3.8) is 0 Å². The molecule has 2 heterocycles. The summed E-state index contributed by atoms with van der Waals surface area (Å²) in [5.74, 6) is -0.960. The van der Waals surface area contributed by atoms with E-state index in [1.54, 1.807) is 24.3 Å². The van der Waals surface area contributed by atoms with Crippen molar-refractivity contribution in [2.24, 2.45) is 0 Å². The van der Waals surface area contributed by atoms with Crippen LogP contribution in [0, 0.1) is 11.6 Å². The van der Waals surface area contributed by atoms with Crippen molar-refractivity contribution < 1.29 is 13.5 Å². The van der Waals surface area contributed by atoms with Crippen molar-refractivity contribution >= 4 is 50.7 Å². The third-order valence-corrected chi connectivity index (χ3v) is 4.48. The number of H-pyrrole nitrogens is 1. The van der Waals surface area contributed by atoms with Crippen LogP contribution in [0.2, 0.25) is 0 Å². The minimum atomic E-state index is -0.984. The van der Waals surface area contributed by atoms with Gasteiger partial charge in [-0.1, -0.05) is 0 Å². The van der Waals surface area contributed by atoms with Gasteiger partial charge >= 0.3 is 0 Å². The molecule has 10 heteroatoms. The lowest BCUT2D eigenvalue weighted by Gasteiger charge is -2.10. The number of fused-ring (bicyclic) bond motifs is 1. The summed E-state index contributed by atoms with van der Waals surface area (Å²) in [6.07, 6.45) is 2.88. The predicted octanol–water partition coefficient (Wildman–Crippen LogP) is 5.32. The summed E-state index contributed by atoms with van der Waals surface area (Å²) >= 11 is 3.35. The highest BCUT2D eigenvalue weighted by Crippen LogP contribution is 2.27. The van der Waals surface area contributed by atoms with Crippen LogP contribution >= 0.6 is 28.3 Å². The molecule has 148 valence electrons. The molecule has 0 unspecified atom stereocenters. The largest absolute Gasteiger partial charge is 0.457 e. The van der Waals surface area contributed by atoms with E-state index in [-0.39, 0.29) is 23.7 Å². The monoisotopic (exact) mass is 480 g/mol. The minimum Gasteiger partial charge on any atom is -0.457 e. The fourth-order valence-corrected chi connectivity index (χ4v) is 2.98. The van der Waals surface area contributed by atoms with E-state index in [2.05, 4.69) is 36.2 Å². The Morgan fingerprint density at radius 3 is 2.45 bits per heavy atom. The SMILES string of the molecule is Cl.O=c1[nH]cc(Br)c2ncnc(Nc3ccc(Oc4ccc(F)c(F)c4)cc3)c12. The van der Waals surface area contributed by atoms with Crippen LogP contribution in [0.1, 0.15) is 0 Å². The topological polar surface area (TPSA) is 79.9 Å². The van der Waals surface area contributed by atoms with Gasteiger partial charge in [-0.15, -0.1) is 12.4 Å². The molecule has 0 amide bonds. The van der Waals surface area contributed by atoms with Gasteiger partial charge in [0.05, 0.1) is 9.99 Å². The Bertz CT molecular complexity index is 1240. The molecular formula is C19H12BrClF2N4O2. The minimum absolute atomic E-state index is 0. The first-order valence-corrected chi connectivity index (χ1v) is 8.82. The van der Waals surface area contributed by atoms with Gasteiger partial charge in [0.1, 0.15) is 29.0 Å². The highest BCUT2D eigenvalue weighted by Gasteiger charge is 2.11. The normalized spacial score (nSPS) is 10.4. The molecule has 0 aliphatic rings. The van der Waals surface area contributed by atoms with E-state index in [1.165, 1.54) is 18.6 Å². The van der Waals surface area contributed by atoms with Crippen LogP contribution in [-0.4, -0.2) is 15.0 Å². The molecule has 0 spiro atoms. The second kappa shape index (κ2) is 8.54. The Labute approximate surface area is 177 Å². The second-order valence-electron chi connectivity index (χ2n) is 5.74. The van der Waals surface area contributed by atoms with E-state index in [1.807, 2.05) is 0 Å². The number of hydrogen-bond donors (Lipinski definition) is 2. The van der Waals surface area contributed by atoms with Gasteiger partial charge in [-0.05, 0) is 52.3 Å². The van der Waals surface area contributed by atoms with Crippen LogP contribution in [0.25, 0.3) is 10.9 Å². The van der Waals surface area contributed by atoms with Crippen LogP contribution in [0.4, 0.5) is 20.3 Å². The van der Waals surface area contributed by atoms with Gasteiger partial charge < -0.3 is 15.0 Å². The number of benzene rings is 2. The van der Waals surface area contributed by atoms with E-state index in [0.29, 0.717) is 32.6 Å². The summed E-state index contributed by atoms with van der Waals surface area (Å²) in [4.78, 5) is 23.1. The molecule has 2 aromatic heterocycles. The van der Waals surface area contributed by atoms with E-state index in [0.717, 1.165) is 12.1 Å². The summed E-state index contributed by atoms with van der Waals surface area (Å²) in [5, 5.41) is 3.38. The molecule has 2 N–H and O–H groups in total. The molecule has 4 aromatic rings. The third kappa shape index (κ3) is 4.36. The van der Waals surface area contributed by atoms with Gasteiger partial charge in [0.2, 0.25) is 0 Å². The summed E-state index contributed by atoms with van der Waals surface area (Å²) in [6.45, 7) is 0. The fraction of sp³-hybridized carbons (Fsp3) is 0. The smallest absolute Gasteiger partial charge is 0.261 e. The van der Waals surface area contributed by atoms with Crippen LogP contribution in [0.15, 0.2) is 64.3 Å². The van der Waals surface area contributed by atoms with Crippen molar-refractivity contribution in [2.45, 2.75) is 0 Å². The molecule has 2 aromatic carbocycles. The van der Waals surface area contributed by atoms with Crippen molar-refractivity contribution in [1.82, 2.24) is 15.0 Å². The van der Waals surface area contributed by atoms with Crippen molar-refractivity contribution in [3.8, 4) is 11.5 Å². The summed E-state index contributed by atoms with van der Waals surface area (Å²) < 4.78 is 32.4. The Kier molecular flexibility index (Phi) is 6.09. The lowest BCUT2D eigenvalue weighted by Crippen LogP contribution is -2.10. The van der Waals surface area contributed by atoms with Gasteiger partial charge in [-0.3, -0.25) is 4.79 Å². The number of ether oxygens (including phenoxy) is 1. The molecule has 0 bridgehead atoms. The number of aromatic nitrogens is 3. The van der Waals surface area contributed by atoms with E-state index < -0.39 is 11.6 Å². The predicted molar refractivity (Wildman–Crippen MR) is 111 cm³/mol. The highest BCUT2D eigenvalue weighted by atomic mass is 79.9. The number of nitrogens with one attached hydrogen (secondary N) is 2. The molecule has 0 saturated carbocycles. The van der Waals surface area contributed by atoms with Gasteiger partial charge in [0, 0.05) is 18.0 Å². The number of hydrogen-bond acceptors (Lipinski definition) is 5. The number of nitrogens with zero attached hydrogens (tertiary/aromatic N) is 2. The van der Waals surface area contributed by atoms with E-state index >= 15 is 0 Å². The zero-order valence-electron chi connectivity index (χ0n) is 14.4. The van der Waals surface area contributed by atoms with Gasteiger partial charge in [0.15, 0.2) is 11.6 Å². The molecule has 0 atom stereocenters. The first kappa shape index (κ1) is 20.7. The lowest BCUT2D eigenvalue weighted by molar-refractivity contribution is 0.461. The first-order valence-electron chi connectivity index (χ1n) is 8.03. The number of rotatable bonds is 4. The average molecular weight is 482 g/mol. The van der Waals surface area contributed by atoms with Crippen LogP contribution in [0.3, 0.4) is 0 Å². The number of anilines is 2. The summed E-state index contributed by atoms with van der Waals surface area (Å²) in [7, 11) is 0. The number of aromatic amines is 1.